The Labute approximate surface area is 54.0 Å². The van der Waals surface area contributed by atoms with Gasteiger partial charge in [-0.25, -0.2) is 0 Å². The van der Waals surface area contributed by atoms with Crippen LogP contribution in [0.15, 0.2) is 0 Å². The van der Waals surface area contributed by atoms with Crippen LogP contribution in [0.5, 0.6) is 0 Å². The number of rotatable bonds is 0. The van der Waals surface area contributed by atoms with E-state index in [1.807, 2.05) is 0 Å². The molecule has 0 aliphatic heterocycles. The van der Waals surface area contributed by atoms with Crippen LogP contribution in [0.3, 0.4) is 0 Å². The summed E-state index contributed by atoms with van der Waals surface area (Å²) < 4.78 is 0. The standard InChI is InChI=1S/Cu.2H2N.O2.H2S/c;;;1-2;/h;2*1H2;;1H2/q+1;3*-1;/p-1. The molecule has 0 fully saturated rings. The predicted molar refractivity (Wildman–Crippen MR) is 20.0 cm³/mol. The second-order valence-corrected chi connectivity index (χ2v) is 0. The molecule has 0 aliphatic carbocycles. The van der Waals surface area contributed by atoms with E-state index in [9.17, 15) is 0 Å². The van der Waals surface area contributed by atoms with Crippen molar-refractivity contribution in [2.75, 3.05) is 0 Å². The largest absolute Gasteiger partial charge is 1.00 e. The van der Waals surface area contributed by atoms with Crippen LogP contribution in [-0.4, -0.2) is 0 Å². The van der Waals surface area contributed by atoms with Crippen molar-refractivity contribution in [2.45, 2.75) is 0 Å². The summed E-state index contributed by atoms with van der Waals surface area (Å²) in [7, 11) is 0. The summed E-state index contributed by atoms with van der Waals surface area (Å²) in [6.45, 7) is 0. The molecule has 0 atom stereocenters. The van der Waals surface area contributed by atoms with Gasteiger partial charge in [0.2, 0.25) is 0 Å². The molecule has 0 saturated carbocycles. The van der Waals surface area contributed by atoms with Crippen LogP contribution < -0.4 is 5.26 Å². The second kappa shape index (κ2) is 252. The van der Waals surface area contributed by atoms with Crippen molar-refractivity contribution >= 4 is 13.5 Å². The molecule has 0 spiro atoms. The summed E-state index contributed by atoms with van der Waals surface area (Å²) in [5.41, 5.74) is 0. The van der Waals surface area contributed by atoms with Crippen molar-refractivity contribution < 1.29 is 27.6 Å². The average molecular weight is 161 g/mol. The van der Waals surface area contributed by atoms with Gasteiger partial charge in [0.05, 0.1) is 0 Å². The van der Waals surface area contributed by atoms with Crippen molar-refractivity contribution in [1.82, 2.24) is 0 Å². The van der Waals surface area contributed by atoms with Gasteiger partial charge < -0.3 is 36.3 Å². The molecular weight excluding hydrogens is 156 g/mol. The fourth-order valence-corrected chi connectivity index (χ4v) is 0. The first-order valence-corrected chi connectivity index (χ1v) is 0.167. The van der Waals surface area contributed by atoms with Crippen LogP contribution in [0.2, 0.25) is 0 Å². The van der Waals surface area contributed by atoms with Crippen LogP contribution in [0.1, 0.15) is 0 Å². The molecule has 6 heteroatoms. The van der Waals surface area contributed by atoms with Gasteiger partial charge in [-0.3, -0.25) is 0 Å². The molecule has 4 N–H and O–H groups in total. The Hall–Kier alpha value is 0.709. The summed E-state index contributed by atoms with van der Waals surface area (Å²) >= 11 is 0. The summed E-state index contributed by atoms with van der Waals surface area (Å²) in [5.74, 6) is 0. The summed E-state index contributed by atoms with van der Waals surface area (Å²) in [5, 5.41) is 14.0. The zero-order chi connectivity index (χ0) is 2.00. The molecule has 0 amide bonds. The van der Waals surface area contributed by atoms with Gasteiger partial charge in [-0.2, -0.15) is 0 Å². The topological polar surface area (TPSA) is 110 Å². The molecular formula is H5CuN2O2S-3. The first-order valence-electron chi connectivity index (χ1n) is 0.167. The zero-order valence-electron chi connectivity index (χ0n) is 2.72. The normalized spacial score (nSPS) is 1.00. The molecule has 0 aromatic carbocycles. The van der Waals surface area contributed by atoms with Crippen molar-refractivity contribution in [2.24, 2.45) is 0 Å². The Bertz CT molecular complexity index is 11.5. The zero-order valence-corrected chi connectivity index (χ0v) is 4.56. The van der Waals surface area contributed by atoms with Crippen molar-refractivity contribution in [3.63, 3.8) is 0 Å². The molecule has 0 aliphatic rings. The molecule has 47 valence electrons. The number of hydrogen-bond donors (Lipinski definition) is 0. The maximum absolute atomic E-state index is 7.00. The fraction of sp³-hybridized carbons (Fsp3) is 0. The molecule has 4 nitrogen and oxygen atoms in total. The van der Waals surface area contributed by atoms with Crippen molar-refractivity contribution in [3.05, 3.63) is 12.3 Å². The van der Waals surface area contributed by atoms with Crippen LogP contribution in [0.25, 0.3) is 12.3 Å². The van der Waals surface area contributed by atoms with Gasteiger partial charge in [-0.05, 0) is 0 Å². The minimum atomic E-state index is 0. The van der Waals surface area contributed by atoms with Crippen molar-refractivity contribution in [3.8, 4) is 0 Å². The quantitative estimate of drug-likeness (QED) is 0.161. The smallest absolute Gasteiger partial charge is 0.813 e. The van der Waals surface area contributed by atoms with Gasteiger partial charge in [-0.15, -0.1) is 0 Å². The van der Waals surface area contributed by atoms with Gasteiger partial charge >= 0.3 is 17.1 Å². The minimum absolute atomic E-state index is 0. The maximum atomic E-state index is 7.00. The monoisotopic (exact) mass is 160 g/mol. The molecule has 0 aromatic rings. The van der Waals surface area contributed by atoms with E-state index in [0.717, 1.165) is 0 Å². The second-order valence-electron chi connectivity index (χ2n) is 0. The summed E-state index contributed by atoms with van der Waals surface area (Å²) in [6.07, 6.45) is 0. The van der Waals surface area contributed by atoms with E-state index in [0.29, 0.717) is 0 Å². The molecule has 0 bridgehead atoms. The van der Waals surface area contributed by atoms with Gasteiger partial charge in [-0.1, -0.05) is 0 Å². The minimum Gasteiger partial charge on any atom is -0.813 e. The van der Waals surface area contributed by atoms with E-state index in [4.69, 9.17) is 10.5 Å². The molecule has 0 unspecified atom stereocenters. The third kappa shape index (κ3) is 129. The van der Waals surface area contributed by atoms with Crippen LogP contribution in [0, 0.1) is 0 Å². The number of hydrogen-bond acceptors (Lipinski definition) is 2. The first kappa shape index (κ1) is 74.8. The van der Waals surface area contributed by atoms with E-state index in [1.54, 1.807) is 0 Å². The Balaban J connectivity index is -0.000000000833. The third-order valence-electron chi connectivity index (χ3n) is 0. The predicted octanol–water partition coefficient (Wildman–Crippen LogP) is -0.146. The van der Waals surface area contributed by atoms with Crippen LogP contribution in [-0.2, 0) is 35.8 Å². The maximum Gasteiger partial charge on any atom is 1.00 e. The first-order chi connectivity index (χ1) is 1.00. The third-order valence-corrected chi connectivity index (χ3v) is 0. The van der Waals surface area contributed by atoms with E-state index in [-0.39, 0.29) is 42.9 Å². The Morgan fingerprint density at radius 1 is 1.00 bits per heavy atom. The molecule has 0 heterocycles. The Morgan fingerprint density at radius 3 is 1.00 bits per heavy atom. The van der Waals surface area contributed by atoms with Gasteiger partial charge in [0.15, 0.2) is 0 Å². The van der Waals surface area contributed by atoms with E-state index < -0.39 is 0 Å². The molecule has 0 saturated heterocycles. The summed E-state index contributed by atoms with van der Waals surface area (Å²) in [6, 6.07) is 0. The van der Waals surface area contributed by atoms with Crippen LogP contribution in [0.4, 0.5) is 0 Å². The van der Waals surface area contributed by atoms with Gasteiger partial charge in [0.25, 0.3) is 0 Å². The SMILES string of the molecule is [Cu+].[NH2-].[NH2-].[O][O-].[SH-]. The van der Waals surface area contributed by atoms with E-state index in [2.05, 4.69) is 0 Å². The fourth-order valence-electron chi connectivity index (χ4n) is 0. The average Bonchev–Trinajstić information content (AvgIpc) is 1.00. The van der Waals surface area contributed by atoms with Crippen molar-refractivity contribution in [1.29, 1.82) is 0 Å². The molecule has 1 radical (unpaired) electrons. The number of thiol groups is 1. The number of nitrogens with two attached hydrogens (primary N) is 2. The van der Waals surface area contributed by atoms with Gasteiger partial charge in [0.1, 0.15) is 0 Å². The molecule has 6 heavy (non-hydrogen) atoms. The van der Waals surface area contributed by atoms with Crippen LogP contribution >= 0.6 is 0 Å². The van der Waals surface area contributed by atoms with Gasteiger partial charge in [0, 0.05) is 0 Å². The summed E-state index contributed by atoms with van der Waals surface area (Å²) in [4.78, 5) is 0. The Morgan fingerprint density at radius 2 is 1.00 bits per heavy atom. The molecule has 0 aromatic heterocycles. The molecule has 0 rings (SSSR count). The van der Waals surface area contributed by atoms with E-state index in [1.165, 1.54) is 0 Å². The van der Waals surface area contributed by atoms with E-state index >= 15 is 0 Å². The Kier molecular flexibility index (Phi) is 3140.